The Kier molecular flexibility index (Phi) is 4.97. The first-order valence-electron chi connectivity index (χ1n) is 6.92. The number of rotatable bonds is 5. The Balaban J connectivity index is 2.43. The van der Waals surface area contributed by atoms with Crippen molar-refractivity contribution in [2.45, 2.75) is 13.8 Å². The van der Waals surface area contributed by atoms with Crippen LogP contribution in [0.15, 0.2) is 42.5 Å². The highest BCUT2D eigenvalue weighted by Gasteiger charge is 2.18. The molecule has 2 nitrogen and oxygen atoms in total. The van der Waals surface area contributed by atoms with Crippen LogP contribution in [-0.4, -0.2) is 18.9 Å². The van der Waals surface area contributed by atoms with Crippen molar-refractivity contribution in [1.29, 1.82) is 0 Å². The standard InChI is InChI=1S/C17H17ClFNO/c1-3-20(4-2)16-11-14(18)13(10-15(16)19)17(21)12-8-6-5-7-9-12/h5-11H,3-4H2,1-2H3. The van der Waals surface area contributed by atoms with Crippen molar-refractivity contribution in [1.82, 2.24) is 0 Å². The molecule has 2 rings (SSSR count). The predicted octanol–water partition coefficient (Wildman–Crippen LogP) is 4.56. The highest BCUT2D eigenvalue weighted by Crippen LogP contribution is 2.28. The number of ketones is 1. The molecule has 0 N–H and O–H groups in total. The third-order valence-electron chi connectivity index (χ3n) is 3.42. The van der Waals surface area contributed by atoms with Crippen molar-refractivity contribution in [3.8, 4) is 0 Å². The quantitative estimate of drug-likeness (QED) is 0.755. The molecule has 0 fully saturated rings. The van der Waals surface area contributed by atoms with Gasteiger partial charge in [-0.05, 0) is 26.0 Å². The molecule has 0 aliphatic rings. The van der Waals surface area contributed by atoms with Gasteiger partial charge in [0.25, 0.3) is 0 Å². The van der Waals surface area contributed by atoms with E-state index in [2.05, 4.69) is 0 Å². The molecule has 0 saturated heterocycles. The summed E-state index contributed by atoms with van der Waals surface area (Å²) in [4.78, 5) is 14.2. The molecule has 0 bridgehead atoms. The summed E-state index contributed by atoms with van der Waals surface area (Å²) < 4.78 is 14.3. The molecule has 0 aromatic heterocycles. The zero-order valence-corrected chi connectivity index (χ0v) is 12.8. The minimum Gasteiger partial charge on any atom is -0.370 e. The molecule has 0 amide bonds. The van der Waals surface area contributed by atoms with Gasteiger partial charge in [-0.1, -0.05) is 41.9 Å². The Morgan fingerprint density at radius 1 is 1.14 bits per heavy atom. The average molecular weight is 306 g/mol. The minimum absolute atomic E-state index is 0.191. The van der Waals surface area contributed by atoms with Crippen LogP contribution in [0.5, 0.6) is 0 Å². The second-order valence-corrected chi connectivity index (χ2v) is 5.06. The lowest BCUT2D eigenvalue weighted by Gasteiger charge is -2.22. The lowest BCUT2D eigenvalue weighted by Crippen LogP contribution is -2.23. The number of hydrogen-bond acceptors (Lipinski definition) is 2. The fourth-order valence-corrected chi connectivity index (χ4v) is 2.51. The van der Waals surface area contributed by atoms with Crippen molar-refractivity contribution in [2.24, 2.45) is 0 Å². The summed E-state index contributed by atoms with van der Waals surface area (Å²) in [6, 6.07) is 11.5. The molecule has 0 heterocycles. The van der Waals surface area contributed by atoms with E-state index in [1.54, 1.807) is 24.3 Å². The largest absolute Gasteiger partial charge is 0.370 e. The first-order chi connectivity index (χ1) is 10.1. The van der Waals surface area contributed by atoms with Gasteiger partial charge in [-0.25, -0.2) is 4.39 Å². The zero-order valence-electron chi connectivity index (χ0n) is 12.1. The second kappa shape index (κ2) is 6.72. The van der Waals surface area contributed by atoms with Crippen LogP contribution < -0.4 is 4.90 Å². The molecule has 0 unspecified atom stereocenters. The number of anilines is 1. The van der Waals surface area contributed by atoms with Crippen LogP contribution in [0.4, 0.5) is 10.1 Å². The molecule has 0 atom stereocenters. The monoisotopic (exact) mass is 305 g/mol. The van der Waals surface area contributed by atoms with Gasteiger partial charge < -0.3 is 4.90 Å². The van der Waals surface area contributed by atoms with Crippen molar-refractivity contribution in [3.05, 3.63) is 64.4 Å². The molecule has 21 heavy (non-hydrogen) atoms. The molecule has 0 spiro atoms. The third-order valence-corrected chi connectivity index (χ3v) is 3.73. The van der Waals surface area contributed by atoms with E-state index >= 15 is 0 Å². The van der Waals surface area contributed by atoms with E-state index in [1.165, 1.54) is 12.1 Å². The maximum Gasteiger partial charge on any atom is 0.194 e. The van der Waals surface area contributed by atoms with Crippen molar-refractivity contribution in [2.75, 3.05) is 18.0 Å². The summed E-state index contributed by atoms with van der Waals surface area (Å²) in [5.41, 5.74) is 1.11. The molecule has 4 heteroatoms. The van der Waals surface area contributed by atoms with Gasteiger partial charge in [0.1, 0.15) is 5.82 Å². The van der Waals surface area contributed by atoms with E-state index < -0.39 is 5.82 Å². The minimum atomic E-state index is -0.428. The van der Waals surface area contributed by atoms with Gasteiger partial charge in [0, 0.05) is 24.2 Å². The summed E-state index contributed by atoms with van der Waals surface area (Å²) in [7, 11) is 0. The van der Waals surface area contributed by atoms with Crippen LogP contribution in [-0.2, 0) is 0 Å². The van der Waals surface area contributed by atoms with Gasteiger partial charge in [-0.2, -0.15) is 0 Å². The van der Waals surface area contributed by atoms with Gasteiger partial charge >= 0.3 is 0 Å². The van der Waals surface area contributed by atoms with Gasteiger partial charge in [-0.15, -0.1) is 0 Å². The average Bonchev–Trinajstić information content (AvgIpc) is 2.51. The van der Waals surface area contributed by atoms with Gasteiger partial charge in [0.15, 0.2) is 5.78 Å². The summed E-state index contributed by atoms with van der Waals surface area (Å²) in [5.74, 6) is -0.701. The fraction of sp³-hybridized carbons (Fsp3) is 0.235. The van der Waals surface area contributed by atoms with Crippen LogP contribution in [0.25, 0.3) is 0 Å². The number of carbonyl (C=O) groups excluding carboxylic acids is 1. The Morgan fingerprint density at radius 2 is 1.76 bits per heavy atom. The van der Waals surface area contributed by atoms with E-state index in [4.69, 9.17) is 11.6 Å². The summed E-state index contributed by atoms with van der Waals surface area (Å²) in [6.45, 7) is 5.24. The van der Waals surface area contributed by atoms with Crippen molar-refractivity contribution in [3.63, 3.8) is 0 Å². The lowest BCUT2D eigenvalue weighted by molar-refractivity contribution is 0.103. The molecule has 0 saturated carbocycles. The molecular weight excluding hydrogens is 289 g/mol. The van der Waals surface area contributed by atoms with Crippen molar-refractivity contribution >= 4 is 23.1 Å². The smallest absolute Gasteiger partial charge is 0.194 e. The van der Waals surface area contributed by atoms with Gasteiger partial charge in [0.2, 0.25) is 0 Å². The maximum atomic E-state index is 14.3. The maximum absolute atomic E-state index is 14.3. The Hall–Kier alpha value is -1.87. The van der Waals surface area contributed by atoms with Crippen LogP contribution in [0.3, 0.4) is 0 Å². The first kappa shape index (κ1) is 15.5. The molecule has 110 valence electrons. The molecule has 2 aromatic rings. The van der Waals surface area contributed by atoms with Gasteiger partial charge in [0.05, 0.1) is 10.7 Å². The summed E-state index contributed by atoms with van der Waals surface area (Å²) in [6.07, 6.45) is 0. The molecular formula is C17H17ClFNO. The first-order valence-corrected chi connectivity index (χ1v) is 7.30. The Labute approximate surface area is 129 Å². The van der Waals surface area contributed by atoms with Crippen molar-refractivity contribution < 1.29 is 9.18 Å². The number of halogens is 2. The van der Waals surface area contributed by atoms with Gasteiger partial charge in [-0.3, -0.25) is 4.79 Å². The Bertz CT molecular complexity index is 639. The van der Waals surface area contributed by atoms with E-state index in [9.17, 15) is 9.18 Å². The number of benzene rings is 2. The van der Waals surface area contributed by atoms with E-state index in [0.29, 0.717) is 24.3 Å². The van der Waals surface area contributed by atoms with Crippen LogP contribution in [0, 0.1) is 5.82 Å². The van der Waals surface area contributed by atoms with E-state index in [-0.39, 0.29) is 16.4 Å². The van der Waals surface area contributed by atoms with Crippen LogP contribution in [0.1, 0.15) is 29.8 Å². The highest BCUT2D eigenvalue weighted by molar-refractivity contribution is 6.35. The SMILES string of the molecule is CCN(CC)c1cc(Cl)c(C(=O)c2ccccc2)cc1F. The number of hydrogen-bond donors (Lipinski definition) is 0. The third kappa shape index (κ3) is 3.24. The normalized spacial score (nSPS) is 10.5. The molecule has 2 aromatic carbocycles. The summed E-state index contributed by atoms with van der Waals surface area (Å²) >= 11 is 6.19. The Morgan fingerprint density at radius 3 is 2.33 bits per heavy atom. The van der Waals surface area contributed by atoms with E-state index in [0.717, 1.165) is 0 Å². The molecule has 0 radical (unpaired) electrons. The molecule has 0 aliphatic carbocycles. The molecule has 0 aliphatic heterocycles. The number of carbonyl (C=O) groups is 1. The fourth-order valence-electron chi connectivity index (χ4n) is 2.26. The summed E-state index contributed by atoms with van der Waals surface area (Å²) in [5, 5.41) is 0.271. The highest BCUT2D eigenvalue weighted by atomic mass is 35.5. The van der Waals surface area contributed by atoms with E-state index in [1.807, 2.05) is 24.8 Å². The van der Waals surface area contributed by atoms with Crippen LogP contribution >= 0.6 is 11.6 Å². The van der Waals surface area contributed by atoms with Crippen LogP contribution in [0.2, 0.25) is 5.02 Å². The number of nitrogens with zero attached hydrogens (tertiary/aromatic N) is 1. The lowest BCUT2D eigenvalue weighted by atomic mass is 10.0. The predicted molar refractivity (Wildman–Crippen MR) is 84.8 cm³/mol. The second-order valence-electron chi connectivity index (χ2n) is 4.65. The zero-order chi connectivity index (χ0) is 15.4. The topological polar surface area (TPSA) is 20.3 Å².